The van der Waals surface area contributed by atoms with Gasteiger partial charge < -0.3 is 10.0 Å². The molecule has 4 heteroatoms. The molecule has 1 N–H and O–H groups in total. The molecule has 0 radical (unpaired) electrons. The molecule has 136 valence electrons. The van der Waals surface area contributed by atoms with E-state index in [1.54, 1.807) is 6.92 Å². The fourth-order valence-corrected chi connectivity index (χ4v) is 4.43. The highest BCUT2D eigenvalue weighted by atomic mass is 16.4. The van der Waals surface area contributed by atoms with Gasteiger partial charge in [0.15, 0.2) is 0 Å². The lowest BCUT2D eigenvalue weighted by molar-refractivity contribution is -0.152. The standard InChI is InChI=1S/C21H29NO3/c1-15-7-9-16(10-8-15)11-21(2,20(24)25)12-19(23)22-13-17-5-3-4-6-18(17)14-22/h7-10,17-18H,3-6,11-14H2,1-2H3,(H,24,25). The van der Waals surface area contributed by atoms with E-state index in [4.69, 9.17) is 0 Å². The Morgan fingerprint density at radius 2 is 1.68 bits per heavy atom. The Labute approximate surface area is 150 Å². The zero-order valence-electron chi connectivity index (χ0n) is 15.3. The molecule has 1 heterocycles. The molecule has 2 fully saturated rings. The van der Waals surface area contributed by atoms with Crippen molar-refractivity contribution in [1.82, 2.24) is 4.90 Å². The van der Waals surface area contributed by atoms with Gasteiger partial charge in [-0.2, -0.15) is 0 Å². The average molecular weight is 343 g/mol. The average Bonchev–Trinajstić information content (AvgIpc) is 3.01. The second-order valence-corrected chi connectivity index (χ2v) is 8.31. The Morgan fingerprint density at radius 1 is 1.12 bits per heavy atom. The van der Waals surface area contributed by atoms with Crippen LogP contribution in [-0.2, 0) is 16.0 Å². The number of hydrogen-bond acceptors (Lipinski definition) is 2. The molecule has 1 saturated carbocycles. The first-order valence-electron chi connectivity index (χ1n) is 9.44. The van der Waals surface area contributed by atoms with Crippen molar-refractivity contribution in [1.29, 1.82) is 0 Å². The van der Waals surface area contributed by atoms with Crippen LogP contribution in [0.4, 0.5) is 0 Å². The fourth-order valence-electron chi connectivity index (χ4n) is 4.43. The summed E-state index contributed by atoms with van der Waals surface area (Å²) in [6, 6.07) is 7.91. The van der Waals surface area contributed by atoms with Crippen molar-refractivity contribution in [3.8, 4) is 0 Å². The molecular formula is C21H29NO3. The zero-order chi connectivity index (χ0) is 18.0. The second kappa shape index (κ2) is 7.19. The number of aliphatic carboxylic acids is 1. The van der Waals surface area contributed by atoms with E-state index >= 15 is 0 Å². The van der Waals surface area contributed by atoms with Gasteiger partial charge in [0.2, 0.25) is 5.91 Å². The highest BCUT2D eigenvalue weighted by Crippen LogP contribution is 2.37. The number of hydrogen-bond donors (Lipinski definition) is 1. The molecule has 25 heavy (non-hydrogen) atoms. The van der Waals surface area contributed by atoms with Gasteiger partial charge in [-0.3, -0.25) is 9.59 Å². The Bertz CT molecular complexity index is 625. The quantitative estimate of drug-likeness (QED) is 0.887. The molecule has 1 aromatic rings. The molecule has 2 aliphatic rings. The smallest absolute Gasteiger partial charge is 0.310 e. The predicted molar refractivity (Wildman–Crippen MR) is 97.3 cm³/mol. The third-order valence-electron chi connectivity index (χ3n) is 6.10. The highest BCUT2D eigenvalue weighted by molar-refractivity contribution is 5.85. The van der Waals surface area contributed by atoms with Crippen molar-refractivity contribution < 1.29 is 14.7 Å². The van der Waals surface area contributed by atoms with E-state index < -0.39 is 11.4 Å². The number of amides is 1. The van der Waals surface area contributed by atoms with Crippen LogP contribution in [0.5, 0.6) is 0 Å². The van der Waals surface area contributed by atoms with Crippen molar-refractivity contribution in [3.05, 3.63) is 35.4 Å². The number of benzene rings is 1. The summed E-state index contributed by atoms with van der Waals surface area (Å²) in [6.45, 7) is 5.36. The number of carboxylic acid groups (broad SMARTS) is 1. The Hall–Kier alpha value is -1.84. The fraction of sp³-hybridized carbons (Fsp3) is 0.619. The third-order valence-corrected chi connectivity index (χ3v) is 6.10. The largest absolute Gasteiger partial charge is 0.481 e. The number of rotatable bonds is 5. The number of fused-ring (bicyclic) bond motifs is 1. The Balaban J connectivity index is 1.67. The second-order valence-electron chi connectivity index (χ2n) is 8.31. The lowest BCUT2D eigenvalue weighted by atomic mass is 9.80. The molecule has 3 unspecified atom stereocenters. The summed E-state index contributed by atoms with van der Waals surface area (Å²) in [5.74, 6) is 0.376. The van der Waals surface area contributed by atoms with Crippen molar-refractivity contribution in [2.75, 3.05) is 13.1 Å². The summed E-state index contributed by atoms with van der Waals surface area (Å²) < 4.78 is 0. The van der Waals surface area contributed by atoms with Crippen LogP contribution in [0.3, 0.4) is 0 Å². The SMILES string of the molecule is Cc1ccc(CC(C)(CC(=O)N2CC3CCCCC3C2)C(=O)O)cc1. The van der Waals surface area contributed by atoms with Crippen LogP contribution in [0.25, 0.3) is 0 Å². The maximum atomic E-state index is 12.8. The van der Waals surface area contributed by atoms with Gasteiger partial charge in [0.05, 0.1) is 5.41 Å². The first-order chi connectivity index (χ1) is 11.9. The van der Waals surface area contributed by atoms with Crippen LogP contribution < -0.4 is 0 Å². The molecule has 3 rings (SSSR count). The Morgan fingerprint density at radius 3 is 2.20 bits per heavy atom. The van der Waals surface area contributed by atoms with E-state index in [0.29, 0.717) is 18.3 Å². The molecule has 0 bridgehead atoms. The summed E-state index contributed by atoms with van der Waals surface area (Å²) in [5, 5.41) is 9.78. The summed E-state index contributed by atoms with van der Waals surface area (Å²) in [7, 11) is 0. The summed E-state index contributed by atoms with van der Waals surface area (Å²) in [5.41, 5.74) is 1.06. The van der Waals surface area contributed by atoms with Crippen LogP contribution in [0.1, 0.15) is 50.2 Å². The molecule has 1 aliphatic carbocycles. The molecule has 4 nitrogen and oxygen atoms in total. The normalized spacial score (nSPS) is 25.3. The van der Waals surface area contributed by atoms with Gasteiger partial charge in [0.1, 0.15) is 0 Å². The molecule has 1 aromatic carbocycles. The van der Waals surface area contributed by atoms with Gasteiger partial charge in [-0.25, -0.2) is 0 Å². The molecule has 0 aromatic heterocycles. The molecule has 0 spiro atoms. The van der Waals surface area contributed by atoms with Crippen LogP contribution in [-0.4, -0.2) is 35.0 Å². The molecule has 1 aliphatic heterocycles. The third kappa shape index (κ3) is 4.05. The monoisotopic (exact) mass is 343 g/mol. The van der Waals surface area contributed by atoms with E-state index in [2.05, 4.69) is 0 Å². The van der Waals surface area contributed by atoms with E-state index in [1.165, 1.54) is 25.7 Å². The van der Waals surface area contributed by atoms with E-state index in [0.717, 1.165) is 24.2 Å². The van der Waals surface area contributed by atoms with Gasteiger partial charge in [0.25, 0.3) is 0 Å². The van der Waals surface area contributed by atoms with E-state index in [-0.39, 0.29) is 12.3 Å². The molecular weight excluding hydrogens is 314 g/mol. The summed E-state index contributed by atoms with van der Waals surface area (Å²) >= 11 is 0. The van der Waals surface area contributed by atoms with Crippen molar-refractivity contribution in [2.45, 2.75) is 52.4 Å². The van der Waals surface area contributed by atoms with Gasteiger partial charge in [0, 0.05) is 19.5 Å². The van der Waals surface area contributed by atoms with Crippen molar-refractivity contribution >= 4 is 11.9 Å². The van der Waals surface area contributed by atoms with Crippen LogP contribution in [0.2, 0.25) is 0 Å². The van der Waals surface area contributed by atoms with Crippen molar-refractivity contribution in [3.63, 3.8) is 0 Å². The van der Waals surface area contributed by atoms with Crippen LogP contribution >= 0.6 is 0 Å². The van der Waals surface area contributed by atoms with E-state index in [1.807, 2.05) is 36.1 Å². The highest BCUT2D eigenvalue weighted by Gasteiger charge is 2.41. The topological polar surface area (TPSA) is 57.6 Å². The number of carbonyl (C=O) groups is 2. The maximum absolute atomic E-state index is 12.8. The zero-order valence-corrected chi connectivity index (χ0v) is 15.3. The molecule has 3 atom stereocenters. The van der Waals surface area contributed by atoms with Gasteiger partial charge >= 0.3 is 5.97 Å². The Kier molecular flexibility index (Phi) is 5.16. The predicted octanol–water partition coefficient (Wildman–Crippen LogP) is 3.67. The molecule has 1 saturated heterocycles. The minimum Gasteiger partial charge on any atom is -0.481 e. The van der Waals surface area contributed by atoms with Gasteiger partial charge in [-0.05, 0) is 50.5 Å². The lowest BCUT2D eigenvalue weighted by Crippen LogP contribution is -2.38. The summed E-state index contributed by atoms with van der Waals surface area (Å²) in [6.07, 6.45) is 5.43. The van der Waals surface area contributed by atoms with E-state index in [9.17, 15) is 14.7 Å². The lowest BCUT2D eigenvalue weighted by Gasteiger charge is -2.27. The van der Waals surface area contributed by atoms with Gasteiger partial charge in [-0.15, -0.1) is 0 Å². The van der Waals surface area contributed by atoms with Crippen molar-refractivity contribution in [2.24, 2.45) is 17.3 Å². The number of aryl methyl sites for hydroxylation is 1. The number of carboxylic acids is 1. The van der Waals surface area contributed by atoms with Crippen LogP contribution in [0.15, 0.2) is 24.3 Å². The number of likely N-dealkylation sites (tertiary alicyclic amines) is 1. The maximum Gasteiger partial charge on any atom is 0.310 e. The number of nitrogens with zero attached hydrogens (tertiary/aromatic N) is 1. The van der Waals surface area contributed by atoms with Crippen LogP contribution in [0, 0.1) is 24.2 Å². The molecule has 1 amide bonds. The minimum atomic E-state index is -1.06. The van der Waals surface area contributed by atoms with Gasteiger partial charge in [-0.1, -0.05) is 42.7 Å². The number of carbonyl (C=O) groups excluding carboxylic acids is 1. The first kappa shape index (κ1) is 18.0. The first-order valence-corrected chi connectivity index (χ1v) is 9.44. The minimum absolute atomic E-state index is 0.00594. The summed E-state index contributed by atoms with van der Waals surface area (Å²) in [4.78, 5) is 26.7.